The second-order valence-electron chi connectivity index (χ2n) is 10.2. The first-order valence-electron chi connectivity index (χ1n) is 12.2. The Morgan fingerprint density at radius 2 is 1.79 bits per heavy atom. The van der Waals surface area contributed by atoms with Crippen molar-refractivity contribution in [3.63, 3.8) is 0 Å². The molecule has 3 aliphatic rings. The van der Waals surface area contributed by atoms with Gasteiger partial charge in [-0.05, 0) is 47.7 Å². The van der Waals surface area contributed by atoms with E-state index in [1.807, 2.05) is 42.5 Å². The maximum atomic E-state index is 14.1. The predicted molar refractivity (Wildman–Crippen MR) is 137 cm³/mol. The topological polar surface area (TPSA) is 61.4 Å². The molecule has 2 heterocycles. The Kier molecular flexibility index (Phi) is 6.38. The summed E-state index contributed by atoms with van der Waals surface area (Å²) in [5, 5.41) is 7.96. The normalized spacial score (nSPS) is 28.7. The van der Waals surface area contributed by atoms with E-state index in [2.05, 4.69) is 10.6 Å². The molecule has 1 saturated heterocycles. The zero-order chi connectivity index (χ0) is 24.0. The number of hydrogen-bond donors (Lipinski definition) is 2. The molecule has 34 heavy (non-hydrogen) atoms. The number of nitrogens with one attached hydrogen (secondary N) is 2. The van der Waals surface area contributed by atoms with Gasteiger partial charge in [0.15, 0.2) is 0 Å². The quantitative estimate of drug-likeness (QED) is 0.594. The minimum atomic E-state index is -0.932. The molecule has 4 atom stereocenters. The highest BCUT2D eigenvalue weighted by molar-refractivity contribution is 6.31. The molecular weight excluding hydrogens is 469 g/mol. The van der Waals surface area contributed by atoms with E-state index in [0.29, 0.717) is 16.0 Å². The summed E-state index contributed by atoms with van der Waals surface area (Å²) >= 11 is 12.7. The molecule has 0 unspecified atom stereocenters. The van der Waals surface area contributed by atoms with Gasteiger partial charge in [0.1, 0.15) is 5.41 Å². The molecule has 0 radical (unpaired) electrons. The zero-order valence-electron chi connectivity index (χ0n) is 19.6. The van der Waals surface area contributed by atoms with Crippen molar-refractivity contribution in [3.8, 4) is 0 Å². The fraction of sp³-hybridized carbons (Fsp3) is 0.481. The average Bonchev–Trinajstić information content (AvgIpc) is 3.29. The number of likely N-dealkylation sites (N-methyl/N-ethyl adjacent to an activating group) is 1. The Bertz CT molecular complexity index is 1110. The van der Waals surface area contributed by atoms with Crippen molar-refractivity contribution in [2.45, 2.75) is 61.9 Å². The van der Waals surface area contributed by atoms with Crippen LogP contribution in [0, 0.1) is 5.92 Å². The summed E-state index contributed by atoms with van der Waals surface area (Å²) in [4.78, 5) is 29.2. The number of hydrogen-bond acceptors (Lipinski definition) is 3. The third kappa shape index (κ3) is 3.82. The van der Waals surface area contributed by atoms with Crippen LogP contribution in [0.2, 0.25) is 10.0 Å². The molecule has 2 fully saturated rings. The minimum Gasteiger partial charge on any atom is -0.347 e. The summed E-state index contributed by atoms with van der Waals surface area (Å²) in [6.45, 7) is 0. The second-order valence-corrected chi connectivity index (χ2v) is 11.1. The standard InChI is InChI=1S/C27H31Cl2N3O2/c1-32(2)25(33)24-23(17-9-6-10-18(28)14-17)27(22(31-24)13-16-7-4-3-5-8-16)20-12-11-19(29)15-21(20)30-26(27)34/h6,9-12,14-16,22-24,31H,3-5,7-8,13H2,1-2H3,(H,30,34)/t22-,23+,24-,27+/m1/s1. The van der Waals surface area contributed by atoms with Gasteiger partial charge in [-0.2, -0.15) is 0 Å². The van der Waals surface area contributed by atoms with Crippen LogP contribution in [-0.2, 0) is 15.0 Å². The summed E-state index contributed by atoms with van der Waals surface area (Å²) in [7, 11) is 3.53. The van der Waals surface area contributed by atoms with Crippen molar-refractivity contribution in [3.05, 3.63) is 63.6 Å². The van der Waals surface area contributed by atoms with Gasteiger partial charge in [0.05, 0.1) is 6.04 Å². The molecule has 2 aliphatic heterocycles. The highest BCUT2D eigenvalue weighted by Crippen LogP contribution is 2.56. The Labute approximate surface area is 211 Å². The van der Waals surface area contributed by atoms with Crippen LogP contribution in [0.15, 0.2) is 42.5 Å². The molecule has 5 nitrogen and oxygen atoms in total. The van der Waals surface area contributed by atoms with Crippen LogP contribution in [0.3, 0.4) is 0 Å². The Morgan fingerprint density at radius 3 is 2.50 bits per heavy atom. The molecule has 180 valence electrons. The van der Waals surface area contributed by atoms with Gasteiger partial charge in [0, 0.05) is 41.8 Å². The van der Waals surface area contributed by atoms with Gasteiger partial charge in [-0.3, -0.25) is 9.59 Å². The molecule has 1 aliphatic carbocycles. The third-order valence-corrected chi connectivity index (χ3v) is 8.48. The number of halogens is 2. The zero-order valence-corrected chi connectivity index (χ0v) is 21.1. The van der Waals surface area contributed by atoms with Gasteiger partial charge in [-0.15, -0.1) is 0 Å². The van der Waals surface area contributed by atoms with Crippen molar-refractivity contribution in [1.29, 1.82) is 0 Å². The monoisotopic (exact) mass is 499 g/mol. The van der Waals surface area contributed by atoms with E-state index in [9.17, 15) is 9.59 Å². The van der Waals surface area contributed by atoms with Gasteiger partial charge >= 0.3 is 0 Å². The van der Waals surface area contributed by atoms with E-state index < -0.39 is 17.4 Å². The van der Waals surface area contributed by atoms with E-state index in [1.54, 1.807) is 19.0 Å². The first kappa shape index (κ1) is 23.7. The van der Waals surface area contributed by atoms with Crippen LogP contribution in [0.5, 0.6) is 0 Å². The van der Waals surface area contributed by atoms with Gasteiger partial charge < -0.3 is 15.5 Å². The molecule has 2 amide bonds. The first-order chi connectivity index (χ1) is 16.3. The number of carbonyl (C=O) groups is 2. The number of anilines is 1. The summed E-state index contributed by atoms with van der Waals surface area (Å²) in [5.74, 6) is 0.0143. The SMILES string of the molecule is CN(C)C(=O)[C@@H]1N[C@H](CC2CCCCC2)[C@]2(C(=O)Nc3cc(Cl)ccc32)[C@H]1c1cccc(Cl)c1. The number of carbonyl (C=O) groups excluding carboxylic acids is 2. The maximum Gasteiger partial charge on any atom is 0.239 e. The van der Waals surface area contributed by atoms with E-state index in [4.69, 9.17) is 23.2 Å². The molecule has 7 heteroatoms. The summed E-state index contributed by atoms with van der Waals surface area (Å²) in [6, 6.07) is 12.5. The van der Waals surface area contributed by atoms with E-state index in [1.165, 1.54) is 19.3 Å². The van der Waals surface area contributed by atoms with Gasteiger partial charge in [-0.1, -0.05) is 73.5 Å². The molecule has 0 bridgehead atoms. The van der Waals surface area contributed by atoms with Crippen molar-refractivity contribution in [1.82, 2.24) is 10.2 Å². The van der Waals surface area contributed by atoms with Crippen molar-refractivity contribution in [2.75, 3.05) is 19.4 Å². The Hall–Kier alpha value is -2.08. The van der Waals surface area contributed by atoms with E-state index in [0.717, 1.165) is 36.1 Å². The highest BCUT2D eigenvalue weighted by Gasteiger charge is 2.65. The van der Waals surface area contributed by atoms with Crippen LogP contribution in [0.4, 0.5) is 5.69 Å². The number of nitrogens with zero attached hydrogens (tertiary/aromatic N) is 1. The smallest absolute Gasteiger partial charge is 0.239 e. The van der Waals surface area contributed by atoms with Gasteiger partial charge in [0.2, 0.25) is 11.8 Å². The molecule has 2 aromatic rings. The van der Waals surface area contributed by atoms with Crippen LogP contribution < -0.4 is 10.6 Å². The van der Waals surface area contributed by atoms with E-state index in [-0.39, 0.29) is 17.9 Å². The molecule has 0 aromatic heterocycles. The lowest BCUT2D eigenvalue weighted by molar-refractivity contribution is -0.131. The molecule has 1 spiro atoms. The average molecular weight is 500 g/mol. The Balaban J connectivity index is 1.71. The van der Waals surface area contributed by atoms with E-state index >= 15 is 0 Å². The first-order valence-corrected chi connectivity index (χ1v) is 12.9. The third-order valence-electron chi connectivity index (χ3n) is 8.01. The summed E-state index contributed by atoms with van der Waals surface area (Å²) in [5.41, 5.74) is 1.61. The van der Waals surface area contributed by atoms with Crippen LogP contribution in [-0.4, -0.2) is 42.9 Å². The van der Waals surface area contributed by atoms with Crippen molar-refractivity contribution >= 4 is 40.7 Å². The van der Waals surface area contributed by atoms with Crippen LogP contribution >= 0.6 is 23.2 Å². The molecule has 1 saturated carbocycles. The summed E-state index contributed by atoms with van der Waals surface area (Å²) in [6.07, 6.45) is 6.90. The number of fused-ring (bicyclic) bond motifs is 2. The molecule has 2 N–H and O–H groups in total. The number of amides is 2. The summed E-state index contributed by atoms with van der Waals surface area (Å²) < 4.78 is 0. The van der Waals surface area contributed by atoms with Gasteiger partial charge in [0.25, 0.3) is 0 Å². The predicted octanol–water partition coefficient (Wildman–Crippen LogP) is 5.37. The largest absolute Gasteiger partial charge is 0.347 e. The second kappa shape index (κ2) is 9.18. The number of benzene rings is 2. The van der Waals surface area contributed by atoms with Crippen molar-refractivity contribution < 1.29 is 9.59 Å². The lowest BCUT2D eigenvalue weighted by atomic mass is 9.63. The lowest BCUT2D eigenvalue weighted by Gasteiger charge is -2.37. The molecule has 2 aromatic carbocycles. The maximum absolute atomic E-state index is 14.1. The van der Waals surface area contributed by atoms with Crippen LogP contribution in [0.25, 0.3) is 0 Å². The molecular formula is C27H31Cl2N3O2. The fourth-order valence-corrected chi connectivity index (χ4v) is 6.94. The minimum absolute atomic E-state index is 0.0364. The fourth-order valence-electron chi connectivity index (χ4n) is 6.56. The van der Waals surface area contributed by atoms with Gasteiger partial charge in [-0.25, -0.2) is 0 Å². The van der Waals surface area contributed by atoms with Crippen molar-refractivity contribution in [2.24, 2.45) is 5.92 Å². The highest BCUT2D eigenvalue weighted by atomic mass is 35.5. The van der Waals surface area contributed by atoms with Crippen LogP contribution in [0.1, 0.15) is 55.6 Å². The lowest BCUT2D eigenvalue weighted by Crippen LogP contribution is -2.49. The number of rotatable bonds is 4. The Morgan fingerprint density at radius 1 is 1.06 bits per heavy atom. The molecule has 5 rings (SSSR count).